The smallest absolute Gasteiger partial charge is 0.311 e. The van der Waals surface area contributed by atoms with E-state index in [0.717, 1.165) is 0 Å². The van der Waals surface area contributed by atoms with Gasteiger partial charge in [0.1, 0.15) is 6.29 Å². The van der Waals surface area contributed by atoms with Crippen molar-refractivity contribution in [1.82, 2.24) is 0 Å². The highest BCUT2D eigenvalue weighted by Gasteiger charge is 2.15. The van der Waals surface area contributed by atoms with Crippen molar-refractivity contribution in [2.45, 2.75) is 12.8 Å². The first kappa shape index (κ1) is 12.7. The average molecular weight is 233 g/mol. The fourth-order valence-corrected chi connectivity index (χ4v) is 1.23. The molecule has 88 valence electrons. The Morgan fingerprint density at radius 3 is 2.88 bits per heavy atom. The zero-order valence-corrected chi connectivity index (χ0v) is 9.09. The third kappa shape index (κ3) is 3.61. The van der Waals surface area contributed by atoms with Gasteiger partial charge in [-0.05, 0) is 18.6 Å². The molecule has 1 rings (SSSR count). The normalized spacial score (nSPS) is 9.35. The summed E-state index contributed by atoms with van der Waals surface area (Å²) in [7, 11) is 0. The molecule has 5 heteroatoms. The second kappa shape index (κ2) is 6.28. The molecule has 0 fully saturated rings. The van der Waals surface area contributed by atoms with E-state index in [0.29, 0.717) is 25.7 Å². The number of rotatable bonds is 6. The molecule has 0 aliphatic carbocycles. The molecule has 5 nitrogen and oxygen atoms in total. The van der Waals surface area contributed by atoms with Crippen molar-refractivity contribution < 1.29 is 14.5 Å². The quantitative estimate of drug-likeness (QED) is 0.248. The molecule has 0 aliphatic rings. The summed E-state index contributed by atoms with van der Waals surface area (Å²) in [6.07, 6.45) is 6.81. The standard InChI is InChI=1S/C12H11NO4/c1-2-3-4-7-17-12-6-5-10(9-14)8-11(12)13(15)16/h1,5-6,8-9H,3-4,7H2. The highest BCUT2D eigenvalue weighted by atomic mass is 16.6. The van der Waals surface area contributed by atoms with E-state index >= 15 is 0 Å². The Balaban J connectivity index is 2.80. The van der Waals surface area contributed by atoms with Crippen LogP contribution in [0.3, 0.4) is 0 Å². The summed E-state index contributed by atoms with van der Waals surface area (Å²) in [5.74, 6) is 2.60. The molecule has 0 saturated heterocycles. The number of carbonyl (C=O) groups is 1. The van der Waals surface area contributed by atoms with Crippen molar-refractivity contribution >= 4 is 12.0 Å². The van der Waals surface area contributed by atoms with Crippen LogP contribution in [0.5, 0.6) is 5.75 Å². The van der Waals surface area contributed by atoms with Crippen molar-refractivity contribution in [2.24, 2.45) is 0 Å². The van der Waals surface area contributed by atoms with E-state index in [1.54, 1.807) is 0 Å². The maximum absolute atomic E-state index is 10.8. The third-order valence-corrected chi connectivity index (χ3v) is 2.04. The van der Waals surface area contributed by atoms with Crippen molar-refractivity contribution in [1.29, 1.82) is 0 Å². The minimum Gasteiger partial charge on any atom is -0.487 e. The summed E-state index contributed by atoms with van der Waals surface area (Å²) in [5, 5.41) is 10.8. The monoisotopic (exact) mass is 233 g/mol. The second-order valence-electron chi connectivity index (χ2n) is 3.26. The molecule has 0 aliphatic heterocycles. The Hall–Kier alpha value is -2.35. The van der Waals surface area contributed by atoms with Crippen LogP contribution in [-0.4, -0.2) is 17.8 Å². The zero-order chi connectivity index (χ0) is 12.7. The SMILES string of the molecule is C#CCCCOc1ccc(C=O)cc1[N+](=O)[O-]. The van der Waals surface area contributed by atoms with Crippen LogP contribution >= 0.6 is 0 Å². The molecule has 0 aromatic heterocycles. The summed E-state index contributed by atoms with van der Waals surface area (Å²) < 4.78 is 5.25. The van der Waals surface area contributed by atoms with Crippen LogP contribution in [0.2, 0.25) is 0 Å². The van der Waals surface area contributed by atoms with Gasteiger partial charge in [-0.15, -0.1) is 12.3 Å². The number of hydrogen-bond acceptors (Lipinski definition) is 4. The number of carbonyl (C=O) groups excluding carboxylic acids is 1. The van der Waals surface area contributed by atoms with Crippen LogP contribution < -0.4 is 4.74 Å². The third-order valence-electron chi connectivity index (χ3n) is 2.04. The number of nitrogens with zero attached hydrogens (tertiary/aromatic N) is 1. The van der Waals surface area contributed by atoms with Crippen LogP contribution in [0.25, 0.3) is 0 Å². The molecule has 0 radical (unpaired) electrons. The van der Waals surface area contributed by atoms with E-state index in [9.17, 15) is 14.9 Å². The van der Waals surface area contributed by atoms with Crippen LogP contribution in [-0.2, 0) is 0 Å². The number of hydrogen-bond donors (Lipinski definition) is 0. The second-order valence-corrected chi connectivity index (χ2v) is 3.26. The summed E-state index contributed by atoms with van der Waals surface area (Å²) in [6.45, 7) is 0.311. The zero-order valence-electron chi connectivity index (χ0n) is 9.09. The van der Waals surface area contributed by atoms with Crippen molar-refractivity contribution in [3.63, 3.8) is 0 Å². The van der Waals surface area contributed by atoms with E-state index in [-0.39, 0.29) is 17.0 Å². The van der Waals surface area contributed by atoms with Gasteiger partial charge in [-0.2, -0.15) is 0 Å². The lowest BCUT2D eigenvalue weighted by molar-refractivity contribution is -0.385. The molecule has 1 aromatic rings. The average Bonchev–Trinajstić information content (AvgIpc) is 2.34. The fraction of sp³-hybridized carbons (Fsp3) is 0.250. The molecule has 0 unspecified atom stereocenters. The Kier molecular flexibility index (Phi) is 4.70. The van der Waals surface area contributed by atoms with Crippen LogP contribution in [0.15, 0.2) is 18.2 Å². The van der Waals surface area contributed by atoms with Gasteiger partial charge in [-0.3, -0.25) is 14.9 Å². The topological polar surface area (TPSA) is 69.4 Å². The Bertz CT molecular complexity index is 462. The molecule has 0 N–H and O–H groups in total. The van der Waals surface area contributed by atoms with Gasteiger partial charge < -0.3 is 4.74 Å². The Labute approximate surface area is 98.5 Å². The summed E-state index contributed by atoms with van der Waals surface area (Å²) in [6, 6.07) is 4.07. The van der Waals surface area contributed by atoms with Crippen molar-refractivity contribution in [3.8, 4) is 18.1 Å². The van der Waals surface area contributed by atoms with E-state index in [1.165, 1.54) is 18.2 Å². The fourth-order valence-electron chi connectivity index (χ4n) is 1.23. The van der Waals surface area contributed by atoms with Gasteiger partial charge in [0.15, 0.2) is 5.75 Å². The predicted molar refractivity (Wildman–Crippen MR) is 62.0 cm³/mol. The Morgan fingerprint density at radius 1 is 1.53 bits per heavy atom. The molecular weight excluding hydrogens is 222 g/mol. The van der Waals surface area contributed by atoms with E-state index < -0.39 is 4.92 Å². The largest absolute Gasteiger partial charge is 0.487 e. The molecule has 0 amide bonds. The summed E-state index contributed by atoms with van der Waals surface area (Å²) in [4.78, 5) is 20.7. The van der Waals surface area contributed by atoms with Gasteiger partial charge in [0.25, 0.3) is 0 Å². The summed E-state index contributed by atoms with van der Waals surface area (Å²) in [5.41, 5.74) is 0.0305. The number of terminal acetylenes is 1. The van der Waals surface area contributed by atoms with Gasteiger partial charge in [-0.1, -0.05) is 0 Å². The lowest BCUT2D eigenvalue weighted by Crippen LogP contribution is -2.01. The van der Waals surface area contributed by atoms with E-state index in [4.69, 9.17) is 11.2 Å². The maximum Gasteiger partial charge on any atom is 0.311 e. The minimum atomic E-state index is -0.580. The molecule has 1 aromatic carbocycles. The van der Waals surface area contributed by atoms with Gasteiger partial charge >= 0.3 is 5.69 Å². The van der Waals surface area contributed by atoms with Crippen LogP contribution in [0.1, 0.15) is 23.2 Å². The molecule has 17 heavy (non-hydrogen) atoms. The predicted octanol–water partition coefficient (Wildman–Crippen LogP) is 2.20. The molecule has 0 heterocycles. The van der Waals surface area contributed by atoms with Gasteiger partial charge in [0.05, 0.1) is 11.5 Å². The maximum atomic E-state index is 10.8. The highest BCUT2D eigenvalue weighted by Crippen LogP contribution is 2.27. The first-order valence-electron chi connectivity index (χ1n) is 4.99. The van der Waals surface area contributed by atoms with Crippen molar-refractivity contribution in [2.75, 3.05) is 6.61 Å². The molecule has 0 bridgehead atoms. The van der Waals surface area contributed by atoms with Crippen molar-refractivity contribution in [3.05, 3.63) is 33.9 Å². The first-order valence-corrected chi connectivity index (χ1v) is 4.99. The summed E-state index contributed by atoms with van der Waals surface area (Å²) >= 11 is 0. The Morgan fingerprint density at radius 2 is 2.29 bits per heavy atom. The van der Waals surface area contributed by atoms with Crippen LogP contribution in [0.4, 0.5) is 5.69 Å². The van der Waals surface area contributed by atoms with Gasteiger partial charge in [-0.25, -0.2) is 0 Å². The molecule has 0 spiro atoms. The molecular formula is C12H11NO4. The molecule has 0 atom stereocenters. The number of unbranched alkanes of at least 4 members (excludes halogenated alkanes) is 1. The number of ether oxygens (including phenoxy) is 1. The lowest BCUT2D eigenvalue weighted by Gasteiger charge is -2.05. The van der Waals surface area contributed by atoms with Gasteiger partial charge in [0.2, 0.25) is 0 Å². The minimum absolute atomic E-state index is 0.151. The number of aldehydes is 1. The molecule has 0 saturated carbocycles. The van der Waals surface area contributed by atoms with Crippen LogP contribution in [0, 0.1) is 22.5 Å². The first-order chi connectivity index (χ1) is 8.19. The van der Waals surface area contributed by atoms with E-state index in [1.807, 2.05) is 0 Å². The van der Waals surface area contributed by atoms with Gasteiger partial charge in [0, 0.05) is 18.1 Å². The number of nitro benzene ring substituents is 1. The number of nitro groups is 1. The number of benzene rings is 1. The lowest BCUT2D eigenvalue weighted by atomic mass is 10.2. The van der Waals surface area contributed by atoms with E-state index in [2.05, 4.69) is 5.92 Å². The highest BCUT2D eigenvalue weighted by molar-refractivity contribution is 5.77.